The van der Waals surface area contributed by atoms with Crippen LogP contribution >= 0.6 is 11.3 Å². The Morgan fingerprint density at radius 3 is 2.00 bits per heavy atom. The molecule has 0 amide bonds. The maximum atomic E-state index is 2.46. The van der Waals surface area contributed by atoms with Crippen LogP contribution in [0.3, 0.4) is 0 Å². The second-order valence-electron chi connectivity index (χ2n) is 12.2. The van der Waals surface area contributed by atoms with Crippen LogP contribution in [0, 0.1) is 0 Å². The molecule has 2 heteroatoms. The minimum Gasteiger partial charge on any atom is -0.310 e. The van der Waals surface area contributed by atoms with E-state index in [0.717, 1.165) is 5.69 Å². The molecule has 1 aromatic heterocycles. The molecule has 0 atom stereocenters. The second kappa shape index (κ2) is 9.04. The van der Waals surface area contributed by atoms with Gasteiger partial charge in [-0.3, -0.25) is 0 Å². The average Bonchev–Trinajstić information content (AvgIpc) is 3.52. The summed E-state index contributed by atoms with van der Waals surface area (Å²) in [7, 11) is 0. The van der Waals surface area contributed by atoms with E-state index >= 15 is 0 Å². The van der Waals surface area contributed by atoms with Gasteiger partial charge in [0, 0.05) is 47.7 Å². The van der Waals surface area contributed by atoms with Gasteiger partial charge in [-0.25, -0.2) is 0 Å². The summed E-state index contributed by atoms with van der Waals surface area (Å²) in [6.07, 6.45) is 0. The molecule has 0 saturated heterocycles. The summed E-state index contributed by atoms with van der Waals surface area (Å²) in [5, 5.41) is 7.77. The fraction of sp³-hybridized carbons (Fsp3) is 0.0732. The first-order valence-corrected chi connectivity index (χ1v) is 15.8. The molecular formula is C41H29NS. The van der Waals surface area contributed by atoms with E-state index in [9.17, 15) is 0 Å². The van der Waals surface area contributed by atoms with Gasteiger partial charge in [-0.2, -0.15) is 0 Å². The van der Waals surface area contributed by atoms with Crippen LogP contribution in [0.5, 0.6) is 0 Å². The summed E-state index contributed by atoms with van der Waals surface area (Å²) in [4.78, 5) is 2.46. The van der Waals surface area contributed by atoms with Crippen molar-refractivity contribution in [3.05, 3.63) is 151 Å². The van der Waals surface area contributed by atoms with Crippen molar-refractivity contribution >= 4 is 70.1 Å². The lowest BCUT2D eigenvalue weighted by molar-refractivity contribution is 0.660. The van der Waals surface area contributed by atoms with E-state index in [1.807, 2.05) is 11.3 Å². The van der Waals surface area contributed by atoms with Gasteiger partial charge in [-0.1, -0.05) is 111 Å². The van der Waals surface area contributed by atoms with Crippen molar-refractivity contribution in [2.24, 2.45) is 0 Å². The van der Waals surface area contributed by atoms with Gasteiger partial charge in [-0.05, 0) is 75.5 Å². The quantitative estimate of drug-likeness (QED) is 0.205. The molecule has 0 radical (unpaired) electrons. The molecule has 9 rings (SSSR count). The van der Waals surface area contributed by atoms with Gasteiger partial charge in [-0.15, -0.1) is 11.3 Å². The third-order valence-corrected chi connectivity index (χ3v) is 10.6. The van der Waals surface area contributed by atoms with Crippen molar-refractivity contribution in [2.75, 3.05) is 4.90 Å². The summed E-state index contributed by atoms with van der Waals surface area (Å²) in [5.41, 5.74) is 8.95. The predicted molar refractivity (Wildman–Crippen MR) is 187 cm³/mol. The highest BCUT2D eigenvalue weighted by Gasteiger charge is 2.35. The number of nitrogens with zero attached hydrogens (tertiary/aromatic N) is 1. The van der Waals surface area contributed by atoms with E-state index in [4.69, 9.17) is 0 Å². The van der Waals surface area contributed by atoms with E-state index in [0.29, 0.717) is 0 Å². The van der Waals surface area contributed by atoms with Crippen molar-refractivity contribution < 1.29 is 0 Å². The summed E-state index contributed by atoms with van der Waals surface area (Å²) in [6, 6.07) is 51.6. The highest BCUT2D eigenvalue weighted by Crippen LogP contribution is 2.52. The maximum Gasteiger partial charge on any atom is 0.0547 e. The second-order valence-corrected chi connectivity index (χ2v) is 13.2. The van der Waals surface area contributed by atoms with Gasteiger partial charge in [0.05, 0.1) is 5.69 Å². The smallest absolute Gasteiger partial charge is 0.0547 e. The van der Waals surface area contributed by atoms with Crippen molar-refractivity contribution in [3.8, 4) is 11.1 Å². The van der Waals surface area contributed by atoms with E-state index < -0.39 is 0 Å². The molecule has 7 aromatic carbocycles. The van der Waals surface area contributed by atoms with Crippen LogP contribution in [-0.2, 0) is 5.41 Å². The van der Waals surface area contributed by atoms with Gasteiger partial charge in [0.15, 0.2) is 0 Å². The fourth-order valence-corrected chi connectivity index (χ4v) is 8.54. The number of para-hydroxylation sites is 1. The normalized spacial score (nSPS) is 13.5. The SMILES string of the molecule is CC1(C)c2ccccc2-c2ccc(N(c3ccccc3)c3cc4c5cc6ccccc6cc5sc4c4ccccc34)cc21. The molecule has 1 heterocycles. The zero-order chi connectivity index (χ0) is 28.7. The first-order chi connectivity index (χ1) is 21.1. The molecule has 8 aromatic rings. The number of hydrogen-bond donors (Lipinski definition) is 0. The zero-order valence-corrected chi connectivity index (χ0v) is 25.0. The largest absolute Gasteiger partial charge is 0.310 e. The molecule has 1 nitrogen and oxygen atoms in total. The molecule has 0 bridgehead atoms. The van der Waals surface area contributed by atoms with Gasteiger partial charge < -0.3 is 4.90 Å². The maximum absolute atomic E-state index is 2.46. The molecule has 0 unspecified atom stereocenters. The molecular weight excluding hydrogens is 539 g/mol. The van der Waals surface area contributed by atoms with Crippen LogP contribution in [-0.4, -0.2) is 0 Å². The molecule has 204 valence electrons. The first-order valence-electron chi connectivity index (χ1n) is 14.9. The predicted octanol–water partition coefficient (Wildman–Crippen LogP) is 12.1. The van der Waals surface area contributed by atoms with Crippen LogP contribution in [0.1, 0.15) is 25.0 Å². The van der Waals surface area contributed by atoms with E-state index in [1.54, 1.807) is 0 Å². The molecule has 1 aliphatic carbocycles. The minimum atomic E-state index is -0.0685. The van der Waals surface area contributed by atoms with Crippen molar-refractivity contribution in [1.82, 2.24) is 0 Å². The lowest BCUT2D eigenvalue weighted by Crippen LogP contribution is -2.16. The Kier molecular flexibility index (Phi) is 5.18. The zero-order valence-electron chi connectivity index (χ0n) is 24.1. The third kappa shape index (κ3) is 3.57. The first kappa shape index (κ1) is 24.7. The summed E-state index contributed by atoms with van der Waals surface area (Å²) < 4.78 is 2.68. The Morgan fingerprint density at radius 2 is 1.16 bits per heavy atom. The van der Waals surface area contributed by atoms with Gasteiger partial charge in [0.2, 0.25) is 0 Å². The Balaban J connectivity index is 1.35. The number of benzene rings is 7. The third-order valence-electron chi connectivity index (χ3n) is 9.40. The highest BCUT2D eigenvalue weighted by molar-refractivity contribution is 7.26. The fourth-order valence-electron chi connectivity index (χ4n) is 7.28. The van der Waals surface area contributed by atoms with Gasteiger partial charge in [0.1, 0.15) is 0 Å². The van der Waals surface area contributed by atoms with E-state index in [-0.39, 0.29) is 5.41 Å². The van der Waals surface area contributed by atoms with Crippen LogP contribution in [0.15, 0.2) is 140 Å². The van der Waals surface area contributed by atoms with Gasteiger partial charge in [0.25, 0.3) is 0 Å². The van der Waals surface area contributed by atoms with E-state index in [1.165, 1.54) is 75.3 Å². The van der Waals surface area contributed by atoms with E-state index in [2.05, 4.69) is 158 Å². The molecule has 0 N–H and O–H groups in total. The average molecular weight is 568 g/mol. The number of thiophene rings is 1. The van der Waals surface area contributed by atoms with Crippen LogP contribution < -0.4 is 4.90 Å². The highest BCUT2D eigenvalue weighted by atomic mass is 32.1. The Labute approximate surface area is 255 Å². The molecule has 0 saturated carbocycles. The summed E-state index contributed by atoms with van der Waals surface area (Å²) in [6.45, 7) is 4.72. The molecule has 0 fully saturated rings. The number of rotatable bonds is 3. The standard InChI is InChI=1S/C41H29NS/c1-41(2)36-19-11-10-16-30(36)31-21-20-29(24-37(31)41)42(28-14-4-3-5-15-28)38-25-35-34-22-26-12-6-7-13-27(26)23-39(34)43-40(35)33-18-9-8-17-32(33)38/h3-25H,1-2H3. The van der Waals surface area contributed by atoms with Gasteiger partial charge >= 0.3 is 0 Å². The summed E-state index contributed by atoms with van der Waals surface area (Å²) >= 11 is 1.91. The van der Waals surface area contributed by atoms with Crippen molar-refractivity contribution in [1.29, 1.82) is 0 Å². The molecule has 0 aliphatic heterocycles. The monoisotopic (exact) mass is 567 g/mol. The number of hydrogen-bond acceptors (Lipinski definition) is 2. The van der Waals surface area contributed by atoms with Crippen LogP contribution in [0.25, 0.3) is 52.8 Å². The number of anilines is 3. The summed E-state index contributed by atoms with van der Waals surface area (Å²) in [5.74, 6) is 0. The lowest BCUT2D eigenvalue weighted by Gasteiger charge is -2.29. The Bertz CT molecular complexity index is 2380. The topological polar surface area (TPSA) is 3.24 Å². The van der Waals surface area contributed by atoms with Crippen LogP contribution in [0.2, 0.25) is 0 Å². The molecule has 1 aliphatic rings. The minimum absolute atomic E-state index is 0.0685. The van der Waals surface area contributed by atoms with Crippen molar-refractivity contribution in [3.63, 3.8) is 0 Å². The molecule has 43 heavy (non-hydrogen) atoms. The Morgan fingerprint density at radius 1 is 0.488 bits per heavy atom. The van der Waals surface area contributed by atoms with Crippen molar-refractivity contribution in [2.45, 2.75) is 19.3 Å². The Hall–Kier alpha value is -4.92. The van der Waals surface area contributed by atoms with Crippen LogP contribution in [0.4, 0.5) is 17.1 Å². The molecule has 0 spiro atoms. The number of fused-ring (bicyclic) bond motifs is 9. The lowest BCUT2D eigenvalue weighted by atomic mass is 9.82.